The van der Waals surface area contributed by atoms with Gasteiger partial charge in [-0.1, -0.05) is 24.0 Å². The topological polar surface area (TPSA) is 73.6 Å². The molecule has 7 heteroatoms. The van der Waals surface area contributed by atoms with Gasteiger partial charge in [0.2, 0.25) is 0 Å². The first-order chi connectivity index (χ1) is 9.58. The zero-order valence-electron chi connectivity index (χ0n) is 10.5. The Hall–Kier alpha value is -1.60. The third kappa shape index (κ3) is 3.71. The van der Waals surface area contributed by atoms with E-state index < -0.39 is 5.97 Å². The number of furan rings is 1. The van der Waals surface area contributed by atoms with Gasteiger partial charge in [0, 0.05) is 18.6 Å². The lowest BCUT2D eigenvalue weighted by Gasteiger charge is -2.14. The predicted molar refractivity (Wildman–Crippen MR) is 77.4 cm³/mol. The Kier molecular flexibility index (Phi) is 4.97. The van der Waals surface area contributed by atoms with Gasteiger partial charge in [0.15, 0.2) is 0 Å². The van der Waals surface area contributed by atoms with Crippen molar-refractivity contribution < 1.29 is 19.1 Å². The van der Waals surface area contributed by atoms with Crippen molar-refractivity contribution >= 4 is 46.3 Å². The molecule has 1 amide bonds. The van der Waals surface area contributed by atoms with Crippen LogP contribution in [-0.2, 0) is 9.59 Å². The van der Waals surface area contributed by atoms with E-state index in [0.29, 0.717) is 34.4 Å². The average molecular weight is 310 g/mol. The van der Waals surface area contributed by atoms with E-state index in [9.17, 15) is 14.7 Å². The predicted octanol–water partition coefficient (Wildman–Crippen LogP) is 1.40. The van der Waals surface area contributed by atoms with Gasteiger partial charge in [-0.15, -0.1) is 0 Å². The fraction of sp³-hybridized carbons (Fsp3) is 0.308. The summed E-state index contributed by atoms with van der Waals surface area (Å²) in [7, 11) is 0. The van der Waals surface area contributed by atoms with Crippen LogP contribution >= 0.6 is 24.0 Å². The van der Waals surface area contributed by atoms with Crippen LogP contribution in [0.5, 0.6) is 0 Å². The van der Waals surface area contributed by atoms with E-state index in [1.165, 1.54) is 22.9 Å². The molecule has 2 rings (SSSR count). The first-order valence-electron chi connectivity index (χ1n) is 6.06. The van der Waals surface area contributed by atoms with Gasteiger partial charge in [0.25, 0.3) is 5.91 Å². The molecule has 0 N–H and O–H groups in total. The van der Waals surface area contributed by atoms with Gasteiger partial charge in [-0.25, -0.2) is 0 Å². The largest absolute Gasteiger partial charge is 0.550 e. The van der Waals surface area contributed by atoms with Crippen LogP contribution in [-0.4, -0.2) is 27.6 Å². The number of carboxylic acids is 1. The summed E-state index contributed by atoms with van der Waals surface area (Å²) in [5.41, 5.74) is 0. The molecule has 1 aromatic heterocycles. The van der Waals surface area contributed by atoms with Crippen molar-refractivity contribution in [3.63, 3.8) is 0 Å². The number of thiocarbonyl (C=S) groups is 1. The van der Waals surface area contributed by atoms with Crippen LogP contribution in [0.1, 0.15) is 25.0 Å². The number of unbranched alkanes of at least 4 members (excludes halogenated alkanes) is 1. The Morgan fingerprint density at radius 3 is 2.95 bits per heavy atom. The second-order valence-corrected chi connectivity index (χ2v) is 5.85. The molecule has 0 radical (unpaired) electrons. The molecule has 0 spiro atoms. The van der Waals surface area contributed by atoms with Gasteiger partial charge in [-0.2, -0.15) is 0 Å². The number of amides is 1. The minimum atomic E-state index is -1.08. The molecular weight excluding hydrogens is 298 g/mol. The van der Waals surface area contributed by atoms with Crippen molar-refractivity contribution in [3.05, 3.63) is 29.1 Å². The zero-order chi connectivity index (χ0) is 14.5. The lowest BCUT2D eigenvalue weighted by atomic mass is 10.2. The number of hydrogen-bond donors (Lipinski definition) is 0. The SMILES string of the molecule is O=C([O-])CCCCN1C(=O)/C(=C\c2ccco2)SC1=S. The fourth-order valence-electron chi connectivity index (χ4n) is 1.73. The third-order valence-electron chi connectivity index (χ3n) is 2.70. The summed E-state index contributed by atoms with van der Waals surface area (Å²) in [5, 5.41) is 10.3. The summed E-state index contributed by atoms with van der Waals surface area (Å²) in [6, 6.07) is 3.50. The Bertz CT molecular complexity index is 551. The maximum atomic E-state index is 12.1. The van der Waals surface area contributed by atoms with E-state index in [0.717, 1.165) is 0 Å². The second kappa shape index (κ2) is 6.71. The Balaban J connectivity index is 1.93. The van der Waals surface area contributed by atoms with E-state index in [4.69, 9.17) is 16.6 Å². The fourth-order valence-corrected chi connectivity index (χ4v) is 3.02. The van der Waals surface area contributed by atoms with Crippen molar-refractivity contribution in [2.45, 2.75) is 19.3 Å². The number of rotatable bonds is 6. The molecule has 5 nitrogen and oxygen atoms in total. The van der Waals surface area contributed by atoms with Crippen LogP contribution in [0.2, 0.25) is 0 Å². The van der Waals surface area contributed by atoms with Crippen LogP contribution < -0.4 is 5.11 Å². The average Bonchev–Trinajstić information content (AvgIpc) is 2.97. The van der Waals surface area contributed by atoms with Crippen molar-refractivity contribution in [2.75, 3.05) is 6.54 Å². The van der Waals surface area contributed by atoms with Crippen molar-refractivity contribution in [1.29, 1.82) is 0 Å². The second-order valence-electron chi connectivity index (χ2n) is 4.18. The van der Waals surface area contributed by atoms with Crippen molar-refractivity contribution in [1.82, 2.24) is 4.90 Å². The first-order valence-corrected chi connectivity index (χ1v) is 7.29. The van der Waals surface area contributed by atoms with Crippen LogP contribution in [0, 0.1) is 0 Å². The summed E-state index contributed by atoms with van der Waals surface area (Å²) in [4.78, 5) is 24.5. The molecule has 0 bridgehead atoms. The van der Waals surface area contributed by atoms with E-state index in [-0.39, 0.29) is 12.3 Å². The number of carboxylic acid groups (broad SMARTS) is 1. The van der Waals surface area contributed by atoms with Crippen LogP contribution in [0.4, 0.5) is 0 Å². The van der Waals surface area contributed by atoms with Crippen LogP contribution in [0.3, 0.4) is 0 Å². The van der Waals surface area contributed by atoms with E-state index in [1.807, 2.05) is 0 Å². The molecule has 0 aliphatic carbocycles. The molecule has 0 unspecified atom stereocenters. The molecule has 1 aliphatic heterocycles. The standard InChI is InChI=1S/C13H13NO4S2/c15-11(16)5-1-2-6-14-12(17)10(20-13(14)19)8-9-4-3-7-18-9/h3-4,7-8H,1-2,5-6H2,(H,15,16)/p-1/b10-8+. The highest BCUT2D eigenvalue weighted by Crippen LogP contribution is 2.32. The summed E-state index contributed by atoms with van der Waals surface area (Å²) in [6.45, 7) is 0.424. The molecule has 1 aromatic rings. The molecule has 1 aliphatic rings. The van der Waals surface area contributed by atoms with Gasteiger partial charge in [-0.05, 0) is 31.4 Å². The summed E-state index contributed by atoms with van der Waals surface area (Å²) in [5.74, 6) is -0.639. The number of thioether (sulfide) groups is 1. The van der Waals surface area contributed by atoms with Crippen molar-refractivity contribution in [2.24, 2.45) is 0 Å². The monoisotopic (exact) mass is 310 g/mol. The third-order valence-corrected chi connectivity index (χ3v) is 4.08. The van der Waals surface area contributed by atoms with E-state index >= 15 is 0 Å². The molecular formula is C13H12NO4S2-. The Labute approximate surface area is 125 Å². The zero-order valence-corrected chi connectivity index (χ0v) is 12.2. The Morgan fingerprint density at radius 1 is 1.50 bits per heavy atom. The quantitative estimate of drug-likeness (QED) is 0.449. The number of carbonyl (C=O) groups excluding carboxylic acids is 2. The maximum Gasteiger partial charge on any atom is 0.266 e. The van der Waals surface area contributed by atoms with Crippen molar-refractivity contribution in [3.8, 4) is 0 Å². The highest BCUT2D eigenvalue weighted by molar-refractivity contribution is 8.26. The maximum absolute atomic E-state index is 12.1. The van der Waals surface area contributed by atoms with E-state index in [2.05, 4.69) is 0 Å². The first kappa shape index (κ1) is 14.8. The van der Waals surface area contributed by atoms with Gasteiger partial charge >= 0.3 is 0 Å². The minimum absolute atomic E-state index is 0.00295. The highest BCUT2D eigenvalue weighted by atomic mass is 32.2. The number of nitrogens with zero attached hydrogens (tertiary/aromatic N) is 1. The number of aliphatic carboxylic acids is 1. The smallest absolute Gasteiger partial charge is 0.266 e. The molecule has 106 valence electrons. The van der Waals surface area contributed by atoms with Gasteiger partial charge in [0.1, 0.15) is 10.1 Å². The van der Waals surface area contributed by atoms with E-state index in [1.54, 1.807) is 18.2 Å². The number of hydrogen-bond acceptors (Lipinski definition) is 6. The molecule has 20 heavy (non-hydrogen) atoms. The molecule has 0 atom stereocenters. The van der Waals surface area contributed by atoms with Crippen LogP contribution in [0.25, 0.3) is 6.08 Å². The molecule has 1 saturated heterocycles. The summed E-state index contributed by atoms with van der Waals surface area (Å²) in [6.07, 6.45) is 4.23. The van der Waals surface area contributed by atoms with Gasteiger partial charge in [-0.3, -0.25) is 9.69 Å². The van der Waals surface area contributed by atoms with Gasteiger partial charge < -0.3 is 14.3 Å². The molecule has 0 saturated carbocycles. The number of carbonyl (C=O) groups is 2. The minimum Gasteiger partial charge on any atom is -0.550 e. The highest BCUT2D eigenvalue weighted by Gasteiger charge is 2.31. The lowest BCUT2D eigenvalue weighted by Crippen LogP contribution is -2.29. The molecule has 2 heterocycles. The molecule has 1 fully saturated rings. The summed E-state index contributed by atoms with van der Waals surface area (Å²) < 4.78 is 5.65. The van der Waals surface area contributed by atoms with Gasteiger partial charge in [0.05, 0.1) is 11.2 Å². The summed E-state index contributed by atoms with van der Waals surface area (Å²) >= 11 is 6.38. The lowest BCUT2D eigenvalue weighted by molar-refractivity contribution is -0.305. The van der Waals surface area contributed by atoms with Crippen LogP contribution in [0.15, 0.2) is 27.7 Å². The normalized spacial score (nSPS) is 17.2. The Morgan fingerprint density at radius 2 is 2.30 bits per heavy atom. The molecule has 0 aromatic carbocycles.